The maximum Gasteiger partial charge on any atom is 0.276 e. The summed E-state index contributed by atoms with van der Waals surface area (Å²) in [6.07, 6.45) is 0.512. The fourth-order valence-corrected chi connectivity index (χ4v) is 2.50. The predicted octanol–water partition coefficient (Wildman–Crippen LogP) is 2.10. The second-order valence-corrected chi connectivity index (χ2v) is 5.61. The maximum atomic E-state index is 12.0. The van der Waals surface area contributed by atoms with Gasteiger partial charge in [0.15, 0.2) is 11.5 Å². The standard InChI is InChI=1S/C18H21N3O5/c1-25-16-10-13(15(21(23)24)11-17(16)26-2)7-8-20-18(22)9-12-3-5-14(19)6-4-12/h3-6,10-11H,7-9,19H2,1-2H3,(H,20,22). The van der Waals surface area contributed by atoms with Gasteiger partial charge in [0.05, 0.1) is 31.6 Å². The van der Waals surface area contributed by atoms with Crippen LogP contribution in [0, 0.1) is 10.1 Å². The van der Waals surface area contributed by atoms with E-state index in [1.165, 1.54) is 20.3 Å². The van der Waals surface area contributed by atoms with E-state index in [0.717, 1.165) is 5.56 Å². The summed E-state index contributed by atoms with van der Waals surface area (Å²) in [5.74, 6) is 0.523. The fraction of sp³-hybridized carbons (Fsp3) is 0.278. The third kappa shape index (κ3) is 4.85. The number of methoxy groups -OCH3 is 2. The van der Waals surface area contributed by atoms with Gasteiger partial charge in [0.2, 0.25) is 5.91 Å². The van der Waals surface area contributed by atoms with E-state index in [9.17, 15) is 14.9 Å². The number of nitro groups is 1. The zero-order valence-corrected chi connectivity index (χ0v) is 14.7. The summed E-state index contributed by atoms with van der Waals surface area (Å²) in [5, 5.41) is 14.0. The first-order chi connectivity index (χ1) is 12.4. The number of amides is 1. The van der Waals surface area contributed by atoms with Crippen LogP contribution in [-0.2, 0) is 17.6 Å². The molecule has 0 saturated heterocycles. The highest BCUT2D eigenvalue weighted by Crippen LogP contribution is 2.34. The van der Waals surface area contributed by atoms with Gasteiger partial charge >= 0.3 is 0 Å². The van der Waals surface area contributed by atoms with Crippen molar-refractivity contribution in [1.82, 2.24) is 5.32 Å². The number of anilines is 1. The van der Waals surface area contributed by atoms with Crippen LogP contribution in [0.5, 0.6) is 11.5 Å². The van der Waals surface area contributed by atoms with Crippen molar-refractivity contribution in [2.45, 2.75) is 12.8 Å². The molecule has 3 N–H and O–H groups in total. The lowest BCUT2D eigenvalue weighted by atomic mass is 10.1. The zero-order valence-electron chi connectivity index (χ0n) is 14.7. The summed E-state index contributed by atoms with van der Waals surface area (Å²) in [6, 6.07) is 9.92. The van der Waals surface area contributed by atoms with Crippen LogP contribution in [0.4, 0.5) is 11.4 Å². The fourth-order valence-electron chi connectivity index (χ4n) is 2.50. The van der Waals surface area contributed by atoms with Crippen molar-refractivity contribution in [3.8, 4) is 11.5 Å². The molecule has 0 bridgehead atoms. The third-order valence-corrected chi connectivity index (χ3v) is 3.84. The first kappa shape index (κ1) is 19.0. The Labute approximate surface area is 151 Å². The molecule has 2 aromatic carbocycles. The number of nitrogens with two attached hydrogens (primary N) is 1. The molecule has 0 aliphatic heterocycles. The van der Waals surface area contributed by atoms with Gasteiger partial charge in [-0.3, -0.25) is 14.9 Å². The molecule has 0 aromatic heterocycles. The molecule has 138 valence electrons. The van der Waals surface area contributed by atoms with Crippen molar-refractivity contribution in [2.75, 3.05) is 26.5 Å². The number of ether oxygens (including phenoxy) is 2. The molecule has 1 amide bonds. The van der Waals surface area contributed by atoms with Crippen molar-refractivity contribution in [3.63, 3.8) is 0 Å². The smallest absolute Gasteiger partial charge is 0.276 e. The van der Waals surface area contributed by atoms with Crippen molar-refractivity contribution in [2.24, 2.45) is 0 Å². The Kier molecular flexibility index (Phi) is 6.37. The van der Waals surface area contributed by atoms with E-state index >= 15 is 0 Å². The van der Waals surface area contributed by atoms with Gasteiger partial charge < -0.3 is 20.5 Å². The molecule has 0 aliphatic rings. The van der Waals surface area contributed by atoms with Crippen LogP contribution in [0.15, 0.2) is 36.4 Å². The summed E-state index contributed by atoms with van der Waals surface area (Å²) in [7, 11) is 2.88. The number of hydrogen-bond acceptors (Lipinski definition) is 6. The summed E-state index contributed by atoms with van der Waals surface area (Å²) in [6.45, 7) is 0.268. The van der Waals surface area contributed by atoms with E-state index in [4.69, 9.17) is 15.2 Å². The van der Waals surface area contributed by atoms with E-state index in [2.05, 4.69) is 5.32 Å². The Balaban J connectivity index is 2.00. The average molecular weight is 359 g/mol. The molecule has 0 fully saturated rings. The number of hydrogen-bond donors (Lipinski definition) is 2. The minimum Gasteiger partial charge on any atom is -0.493 e. The van der Waals surface area contributed by atoms with Gasteiger partial charge in [-0.15, -0.1) is 0 Å². The largest absolute Gasteiger partial charge is 0.493 e. The number of benzene rings is 2. The third-order valence-electron chi connectivity index (χ3n) is 3.84. The highest BCUT2D eigenvalue weighted by molar-refractivity contribution is 5.78. The molecule has 2 aromatic rings. The van der Waals surface area contributed by atoms with Crippen molar-refractivity contribution in [3.05, 3.63) is 57.6 Å². The molecule has 0 unspecified atom stereocenters. The molecular formula is C18H21N3O5. The maximum absolute atomic E-state index is 12.0. The number of carbonyl (C=O) groups excluding carboxylic acids is 1. The average Bonchev–Trinajstić information content (AvgIpc) is 2.62. The molecule has 2 rings (SSSR count). The molecular weight excluding hydrogens is 338 g/mol. The molecule has 0 radical (unpaired) electrons. The molecule has 0 atom stereocenters. The highest BCUT2D eigenvalue weighted by atomic mass is 16.6. The summed E-state index contributed by atoms with van der Waals surface area (Å²) in [5.41, 5.74) is 7.47. The number of nitrogen functional groups attached to an aromatic ring is 1. The Bertz CT molecular complexity index is 790. The van der Waals surface area contributed by atoms with Crippen molar-refractivity contribution < 1.29 is 19.2 Å². The molecule has 0 aliphatic carbocycles. The van der Waals surface area contributed by atoms with E-state index < -0.39 is 4.92 Å². The lowest BCUT2D eigenvalue weighted by Gasteiger charge is -2.11. The monoisotopic (exact) mass is 359 g/mol. The molecule has 8 nitrogen and oxygen atoms in total. The van der Waals surface area contributed by atoms with E-state index in [-0.39, 0.29) is 30.3 Å². The van der Waals surface area contributed by atoms with Crippen LogP contribution >= 0.6 is 0 Å². The molecule has 0 heterocycles. The quantitative estimate of drug-likeness (QED) is 0.423. The van der Waals surface area contributed by atoms with Crippen molar-refractivity contribution in [1.29, 1.82) is 0 Å². The lowest BCUT2D eigenvalue weighted by molar-refractivity contribution is -0.385. The van der Waals surface area contributed by atoms with Gasteiger partial charge in [-0.2, -0.15) is 0 Å². The summed E-state index contributed by atoms with van der Waals surface area (Å²) in [4.78, 5) is 22.8. The number of nitrogens with zero attached hydrogens (tertiary/aromatic N) is 1. The molecule has 0 spiro atoms. The first-order valence-electron chi connectivity index (χ1n) is 7.95. The van der Waals surface area contributed by atoms with Gasteiger partial charge in [-0.1, -0.05) is 12.1 Å². The topological polar surface area (TPSA) is 117 Å². The van der Waals surface area contributed by atoms with E-state index in [1.807, 2.05) is 0 Å². The summed E-state index contributed by atoms with van der Waals surface area (Å²) < 4.78 is 10.3. The van der Waals surface area contributed by atoms with Crippen LogP contribution < -0.4 is 20.5 Å². The Hall–Kier alpha value is -3.29. The SMILES string of the molecule is COc1cc(CCNC(=O)Cc2ccc(N)cc2)c([N+](=O)[O-])cc1OC. The zero-order chi connectivity index (χ0) is 19.1. The number of nitro benzene ring substituents is 1. The van der Waals surface area contributed by atoms with Crippen LogP contribution in [-0.4, -0.2) is 31.6 Å². The number of nitrogens with one attached hydrogen (secondary N) is 1. The van der Waals surface area contributed by atoms with Gasteiger partial charge in [-0.25, -0.2) is 0 Å². The first-order valence-corrected chi connectivity index (χ1v) is 7.95. The molecule has 26 heavy (non-hydrogen) atoms. The van der Waals surface area contributed by atoms with Gasteiger partial charge in [0, 0.05) is 17.8 Å². The van der Waals surface area contributed by atoms with Gasteiger partial charge in [0.1, 0.15) is 0 Å². The molecule has 0 saturated carbocycles. The minimum atomic E-state index is -0.479. The number of rotatable bonds is 8. The minimum absolute atomic E-state index is 0.0737. The van der Waals surface area contributed by atoms with Crippen LogP contribution in [0.2, 0.25) is 0 Å². The molecule has 8 heteroatoms. The van der Waals surface area contributed by atoms with Gasteiger partial charge in [-0.05, 0) is 30.2 Å². The second kappa shape index (κ2) is 8.70. The van der Waals surface area contributed by atoms with Gasteiger partial charge in [0.25, 0.3) is 5.69 Å². The van der Waals surface area contributed by atoms with Crippen LogP contribution in [0.25, 0.3) is 0 Å². The second-order valence-electron chi connectivity index (χ2n) is 5.61. The Morgan fingerprint density at radius 2 is 1.77 bits per heavy atom. The summed E-state index contributed by atoms with van der Waals surface area (Å²) >= 11 is 0. The van der Waals surface area contributed by atoms with Crippen LogP contribution in [0.1, 0.15) is 11.1 Å². The highest BCUT2D eigenvalue weighted by Gasteiger charge is 2.19. The number of carbonyl (C=O) groups is 1. The predicted molar refractivity (Wildman–Crippen MR) is 97.5 cm³/mol. The Morgan fingerprint density at radius 3 is 2.35 bits per heavy atom. The van der Waals surface area contributed by atoms with Crippen molar-refractivity contribution >= 4 is 17.3 Å². The lowest BCUT2D eigenvalue weighted by Crippen LogP contribution is -2.27. The van der Waals surface area contributed by atoms with E-state index in [1.54, 1.807) is 30.3 Å². The Morgan fingerprint density at radius 1 is 1.15 bits per heavy atom. The van der Waals surface area contributed by atoms with Crippen LogP contribution in [0.3, 0.4) is 0 Å². The van der Waals surface area contributed by atoms with E-state index in [0.29, 0.717) is 23.4 Å². The normalized spacial score (nSPS) is 10.2.